The second-order valence-corrected chi connectivity index (χ2v) is 11.4. The summed E-state index contributed by atoms with van der Waals surface area (Å²) in [6.45, 7) is 9.24. The van der Waals surface area contributed by atoms with Crippen LogP contribution in [-0.2, 0) is 18.3 Å². The maximum absolute atomic E-state index is 13.5. The normalized spacial score (nSPS) is 15.8. The number of likely N-dealkylation sites (tertiary alicyclic amines) is 1. The van der Waals surface area contributed by atoms with Crippen LogP contribution in [-0.4, -0.2) is 56.4 Å². The van der Waals surface area contributed by atoms with Crippen LogP contribution in [0, 0.1) is 12.8 Å². The molecule has 1 saturated heterocycles. The number of imidazole rings is 1. The molecule has 0 radical (unpaired) electrons. The molecule has 1 unspecified atom stereocenters. The Morgan fingerprint density at radius 1 is 1.20 bits per heavy atom. The first-order valence-corrected chi connectivity index (χ1v) is 14.9. The molecule has 1 aliphatic heterocycles. The number of halogens is 2. The minimum Gasteiger partial charge on any atom is -0.377 e. The van der Waals surface area contributed by atoms with Crippen molar-refractivity contribution >= 4 is 62.6 Å². The van der Waals surface area contributed by atoms with Crippen LogP contribution in [0.5, 0.6) is 0 Å². The van der Waals surface area contributed by atoms with Crippen LogP contribution >= 0.6 is 23.2 Å². The lowest BCUT2D eigenvalue weighted by atomic mass is 9.96. The molecule has 0 bridgehead atoms. The van der Waals surface area contributed by atoms with Crippen molar-refractivity contribution in [3.05, 3.63) is 74.3 Å². The quantitative estimate of drug-likeness (QED) is 0.246. The number of aryl methyl sites for hydroxylation is 2. The topological polar surface area (TPSA) is 86.3 Å². The van der Waals surface area contributed by atoms with Crippen LogP contribution in [0.25, 0.3) is 21.8 Å². The highest BCUT2D eigenvalue weighted by atomic mass is 35.5. The number of rotatable bonds is 8. The first kappa shape index (κ1) is 29.0. The van der Waals surface area contributed by atoms with Crippen molar-refractivity contribution in [2.75, 3.05) is 31.5 Å². The van der Waals surface area contributed by atoms with Gasteiger partial charge in [-0.1, -0.05) is 41.4 Å². The average Bonchev–Trinajstić information content (AvgIpc) is 3.28. The number of hydrogen-bond acceptors (Lipinski definition) is 5. The predicted octanol–water partition coefficient (Wildman–Crippen LogP) is 6.41. The van der Waals surface area contributed by atoms with Crippen molar-refractivity contribution < 1.29 is 4.79 Å². The highest BCUT2D eigenvalue weighted by Gasteiger charge is 2.27. The molecule has 1 fully saturated rings. The number of piperidine rings is 1. The predicted molar refractivity (Wildman–Crippen MR) is 168 cm³/mol. The SMILES string of the molecule is CCN(CC)C(=O)C1CCCN(C=CCc2[nH]c(=O)c3c(ccc4nc(Nc5c(Cl)cccc5Cl)n(C)c43)c2C)C1. The zero-order valence-corrected chi connectivity index (χ0v) is 25.4. The molecule has 0 spiro atoms. The summed E-state index contributed by atoms with van der Waals surface area (Å²) in [6.07, 6.45) is 6.66. The molecule has 1 aliphatic rings. The van der Waals surface area contributed by atoms with Gasteiger partial charge in [-0.25, -0.2) is 4.98 Å². The Labute approximate surface area is 249 Å². The zero-order valence-electron chi connectivity index (χ0n) is 23.9. The van der Waals surface area contributed by atoms with Gasteiger partial charge in [0.05, 0.1) is 38.1 Å². The van der Waals surface area contributed by atoms with Crippen LogP contribution in [0.4, 0.5) is 11.6 Å². The highest BCUT2D eigenvalue weighted by molar-refractivity contribution is 6.39. The Hall–Kier alpha value is -3.49. The molecule has 2 aromatic carbocycles. The highest BCUT2D eigenvalue weighted by Crippen LogP contribution is 2.34. The fourth-order valence-corrected chi connectivity index (χ4v) is 6.30. The molecule has 2 aromatic heterocycles. The number of nitrogens with zero attached hydrogens (tertiary/aromatic N) is 4. The van der Waals surface area contributed by atoms with Gasteiger partial charge < -0.3 is 24.7 Å². The number of para-hydroxylation sites is 1. The zero-order chi connectivity index (χ0) is 29.3. The monoisotopic (exact) mass is 594 g/mol. The van der Waals surface area contributed by atoms with E-state index in [1.165, 1.54) is 0 Å². The number of aromatic amines is 1. The van der Waals surface area contributed by atoms with E-state index >= 15 is 0 Å². The van der Waals surface area contributed by atoms with Crippen LogP contribution < -0.4 is 10.9 Å². The Bertz CT molecular complexity index is 1670. The number of carbonyl (C=O) groups is 1. The number of allylic oxidation sites excluding steroid dienone is 1. The third-order valence-electron chi connectivity index (χ3n) is 8.10. The van der Waals surface area contributed by atoms with Crippen LogP contribution in [0.1, 0.15) is 37.9 Å². The van der Waals surface area contributed by atoms with Gasteiger partial charge in [0, 0.05) is 45.3 Å². The standard InChI is InChI=1S/C31H36Cl2N6O2/c1-5-39(6-2)30(41)20-10-8-16-38(18-20)17-9-13-24-19(3)21-14-15-25-28(26(21)29(40)34-24)37(4)31(35-25)36-27-22(32)11-7-12-23(27)33/h7,9,11-12,14-15,17,20H,5-6,8,10,13,16,18H2,1-4H3,(H,34,40)(H,35,36). The summed E-state index contributed by atoms with van der Waals surface area (Å²) in [5.74, 6) is 0.814. The van der Waals surface area contributed by atoms with Gasteiger partial charge in [-0.3, -0.25) is 9.59 Å². The number of fused-ring (bicyclic) bond motifs is 3. The lowest BCUT2D eigenvalue weighted by Gasteiger charge is -2.34. The van der Waals surface area contributed by atoms with Gasteiger partial charge in [0.15, 0.2) is 0 Å². The largest absolute Gasteiger partial charge is 0.377 e. The van der Waals surface area contributed by atoms with E-state index in [4.69, 9.17) is 28.2 Å². The number of benzene rings is 2. The van der Waals surface area contributed by atoms with Crippen LogP contribution in [0.15, 0.2) is 47.4 Å². The molecular formula is C31H36Cl2N6O2. The molecule has 1 atom stereocenters. The fraction of sp³-hybridized carbons (Fsp3) is 0.387. The van der Waals surface area contributed by atoms with Crippen molar-refractivity contribution in [3.63, 3.8) is 0 Å². The molecule has 4 aromatic rings. The average molecular weight is 596 g/mol. The van der Waals surface area contributed by atoms with Crippen molar-refractivity contribution in [3.8, 4) is 0 Å². The second kappa shape index (κ2) is 12.2. The van der Waals surface area contributed by atoms with E-state index in [9.17, 15) is 9.59 Å². The summed E-state index contributed by atoms with van der Waals surface area (Å²) in [5, 5.41) is 5.67. The Kier molecular flexibility index (Phi) is 8.61. The first-order valence-electron chi connectivity index (χ1n) is 14.1. The number of carbonyl (C=O) groups excluding carboxylic acids is 1. The van der Waals surface area contributed by atoms with E-state index in [2.05, 4.69) is 27.5 Å². The van der Waals surface area contributed by atoms with E-state index in [0.29, 0.717) is 39.0 Å². The molecule has 10 heteroatoms. The van der Waals surface area contributed by atoms with E-state index in [1.54, 1.807) is 18.2 Å². The smallest absolute Gasteiger partial charge is 0.258 e. The fourth-order valence-electron chi connectivity index (χ4n) is 5.80. The van der Waals surface area contributed by atoms with Gasteiger partial charge in [0.1, 0.15) is 0 Å². The summed E-state index contributed by atoms with van der Waals surface area (Å²) in [5.41, 5.74) is 3.72. The van der Waals surface area contributed by atoms with Gasteiger partial charge in [-0.15, -0.1) is 0 Å². The van der Waals surface area contributed by atoms with E-state index < -0.39 is 0 Å². The third kappa shape index (κ3) is 5.68. The third-order valence-corrected chi connectivity index (χ3v) is 8.73. The van der Waals surface area contributed by atoms with E-state index in [-0.39, 0.29) is 17.4 Å². The Balaban J connectivity index is 1.39. The molecule has 3 heterocycles. The molecule has 1 amide bonds. The van der Waals surface area contributed by atoms with Crippen molar-refractivity contribution in [1.82, 2.24) is 24.3 Å². The maximum Gasteiger partial charge on any atom is 0.258 e. The van der Waals surface area contributed by atoms with Gasteiger partial charge in [0.2, 0.25) is 11.9 Å². The summed E-state index contributed by atoms with van der Waals surface area (Å²) >= 11 is 12.7. The molecule has 8 nitrogen and oxygen atoms in total. The van der Waals surface area contributed by atoms with E-state index in [0.717, 1.165) is 61.2 Å². The van der Waals surface area contributed by atoms with E-state index in [1.807, 2.05) is 49.4 Å². The number of H-pyrrole nitrogens is 1. The number of nitrogens with one attached hydrogen (secondary N) is 2. The lowest BCUT2D eigenvalue weighted by molar-refractivity contribution is -0.136. The summed E-state index contributed by atoms with van der Waals surface area (Å²) < 4.78 is 1.86. The molecule has 0 saturated carbocycles. The van der Waals surface area contributed by atoms with Gasteiger partial charge in [-0.2, -0.15) is 0 Å². The second-order valence-electron chi connectivity index (χ2n) is 10.6. The Morgan fingerprint density at radius 2 is 1.93 bits per heavy atom. The number of amides is 1. The Morgan fingerprint density at radius 3 is 2.63 bits per heavy atom. The molecule has 216 valence electrons. The van der Waals surface area contributed by atoms with Gasteiger partial charge in [0.25, 0.3) is 5.56 Å². The molecule has 0 aliphatic carbocycles. The summed E-state index contributed by atoms with van der Waals surface area (Å²) in [6, 6.07) is 9.19. The molecule has 2 N–H and O–H groups in total. The van der Waals surface area contributed by atoms with Crippen molar-refractivity contribution in [2.24, 2.45) is 13.0 Å². The number of anilines is 2. The number of pyridine rings is 1. The minimum atomic E-state index is -0.159. The molecule has 5 rings (SSSR count). The van der Waals surface area contributed by atoms with Gasteiger partial charge in [-0.05, 0) is 69.0 Å². The maximum atomic E-state index is 13.5. The lowest BCUT2D eigenvalue weighted by Crippen LogP contribution is -2.43. The summed E-state index contributed by atoms with van der Waals surface area (Å²) in [4.78, 5) is 38.3. The van der Waals surface area contributed by atoms with Gasteiger partial charge >= 0.3 is 0 Å². The summed E-state index contributed by atoms with van der Waals surface area (Å²) in [7, 11) is 1.87. The molecule has 41 heavy (non-hydrogen) atoms. The van der Waals surface area contributed by atoms with Crippen molar-refractivity contribution in [1.29, 1.82) is 0 Å². The number of hydrogen-bond donors (Lipinski definition) is 2. The first-order chi connectivity index (χ1) is 19.7. The number of aromatic nitrogens is 3. The van der Waals surface area contributed by atoms with Crippen LogP contribution in [0.3, 0.4) is 0 Å². The molecular weight excluding hydrogens is 559 g/mol. The van der Waals surface area contributed by atoms with Crippen molar-refractivity contribution in [2.45, 2.75) is 40.0 Å². The minimum absolute atomic E-state index is 0.0325. The van der Waals surface area contributed by atoms with Crippen LogP contribution in [0.2, 0.25) is 10.0 Å².